The Bertz CT molecular complexity index is 433. The zero-order valence-electron chi connectivity index (χ0n) is 13.6. The molecule has 0 radical (unpaired) electrons. The topological polar surface area (TPSA) is 29.1 Å². The number of benzene rings is 1. The molecule has 2 heteroatoms. The van der Waals surface area contributed by atoms with Gasteiger partial charge in [0.15, 0.2) is 0 Å². The molecule has 0 aliphatic rings. The van der Waals surface area contributed by atoms with E-state index in [0.717, 1.165) is 5.56 Å². The van der Waals surface area contributed by atoms with Crippen molar-refractivity contribution in [2.75, 3.05) is 6.54 Å². The van der Waals surface area contributed by atoms with E-state index in [1.165, 1.54) is 11.6 Å². The van der Waals surface area contributed by atoms with E-state index in [-0.39, 0.29) is 5.91 Å². The minimum absolute atomic E-state index is 0.122. The summed E-state index contributed by atoms with van der Waals surface area (Å²) in [6.45, 7) is 12.2. The van der Waals surface area contributed by atoms with Crippen LogP contribution in [-0.4, -0.2) is 12.5 Å². The minimum Gasteiger partial charge on any atom is -0.342 e. The molecule has 0 fully saturated rings. The largest absolute Gasteiger partial charge is 0.342 e. The summed E-state index contributed by atoms with van der Waals surface area (Å²) in [4.78, 5) is 11.3. The Hall–Kier alpha value is -2.01. The molecular formula is C18H27NO. The molecule has 0 bridgehead atoms. The fraction of sp³-hybridized carbons (Fsp3) is 0.389. The Kier molecular flexibility index (Phi) is 15.3. The molecule has 0 atom stereocenters. The van der Waals surface area contributed by atoms with Crippen molar-refractivity contribution in [3.63, 3.8) is 0 Å². The lowest BCUT2D eigenvalue weighted by Crippen LogP contribution is -2.20. The zero-order chi connectivity index (χ0) is 15.8. The second-order valence-corrected chi connectivity index (χ2v) is 3.39. The van der Waals surface area contributed by atoms with Crippen molar-refractivity contribution >= 4 is 12.0 Å². The molecule has 0 unspecified atom stereocenters. The first-order chi connectivity index (χ1) is 9.72. The molecule has 0 heterocycles. The summed E-state index contributed by atoms with van der Waals surface area (Å²) >= 11 is 0. The summed E-state index contributed by atoms with van der Waals surface area (Å²) in [7, 11) is 0. The van der Waals surface area contributed by atoms with Crippen LogP contribution in [0, 0.1) is 18.8 Å². The summed E-state index contributed by atoms with van der Waals surface area (Å²) in [5.41, 5.74) is 2.22. The molecule has 110 valence electrons. The van der Waals surface area contributed by atoms with Crippen LogP contribution in [0.1, 0.15) is 45.7 Å². The van der Waals surface area contributed by atoms with Gasteiger partial charge < -0.3 is 5.32 Å². The highest BCUT2D eigenvalue weighted by molar-refractivity contribution is 5.91. The Morgan fingerprint density at radius 2 is 1.70 bits per heavy atom. The predicted octanol–water partition coefficient (Wildman–Crippen LogP) is 4.20. The van der Waals surface area contributed by atoms with Crippen LogP contribution in [0.3, 0.4) is 0 Å². The molecule has 0 saturated carbocycles. The highest BCUT2D eigenvalue weighted by Crippen LogP contribution is 2.04. The van der Waals surface area contributed by atoms with E-state index in [2.05, 4.69) is 17.2 Å². The maximum Gasteiger partial charge on any atom is 0.244 e. The molecule has 0 spiro atoms. The fourth-order valence-corrected chi connectivity index (χ4v) is 1.13. The van der Waals surface area contributed by atoms with Crippen molar-refractivity contribution in [3.05, 3.63) is 41.5 Å². The molecule has 1 rings (SSSR count). The molecule has 0 aliphatic heterocycles. The van der Waals surface area contributed by atoms with Crippen molar-refractivity contribution in [2.24, 2.45) is 0 Å². The first-order valence-corrected chi connectivity index (χ1v) is 7.14. The molecular weight excluding hydrogens is 246 g/mol. The van der Waals surface area contributed by atoms with Crippen LogP contribution >= 0.6 is 0 Å². The first kappa shape index (κ1) is 20.3. The van der Waals surface area contributed by atoms with Gasteiger partial charge in [-0.3, -0.25) is 4.79 Å². The molecule has 1 aromatic carbocycles. The normalized spacial score (nSPS) is 8.30. The van der Waals surface area contributed by atoms with Crippen molar-refractivity contribution in [2.45, 2.75) is 41.5 Å². The Morgan fingerprint density at radius 1 is 1.15 bits per heavy atom. The fourth-order valence-electron chi connectivity index (χ4n) is 1.13. The highest BCUT2D eigenvalue weighted by atomic mass is 16.1. The van der Waals surface area contributed by atoms with Gasteiger partial charge in [-0.05, 0) is 25.5 Å². The van der Waals surface area contributed by atoms with Gasteiger partial charge in [0.1, 0.15) is 0 Å². The van der Waals surface area contributed by atoms with Crippen molar-refractivity contribution in [3.8, 4) is 11.8 Å². The number of aryl methyl sites for hydroxylation is 1. The number of amides is 1. The summed E-state index contributed by atoms with van der Waals surface area (Å²) in [6.07, 6.45) is 3.30. The second-order valence-electron chi connectivity index (χ2n) is 3.39. The molecule has 1 aromatic rings. The third-order valence-corrected chi connectivity index (χ3v) is 2.03. The number of carbonyl (C=O) groups excluding carboxylic acids is 1. The zero-order valence-corrected chi connectivity index (χ0v) is 13.6. The van der Waals surface area contributed by atoms with E-state index in [9.17, 15) is 4.79 Å². The molecule has 1 amide bonds. The van der Waals surface area contributed by atoms with Crippen molar-refractivity contribution in [1.29, 1.82) is 0 Å². The molecule has 1 N–H and O–H groups in total. The summed E-state index contributed by atoms with van der Waals surface area (Å²) < 4.78 is 0. The van der Waals surface area contributed by atoms with Crippen LogP contribution in [0.5, 0.6) is 0 Å². The van der Waals surface area contributed by atoms with Crippen LogP contribution in [0.15, 0.2) is 30.3 Å². The summed E-state index contributed by atoms with van der Waals surface area (Å²) in [5, 5.41) is 2.67. The monoisotopic (exact) mass is 273 g/mol. The molecule has 20 heavy (non-hydrogen) atoms. The second kappa shape index (κ2) is 15.0. The van der Waals surface area contributed by atoms with Crippen LogP contribution in [0.2, 0.25) is 0 Å². The lowest BCUT2D eigenvalue weighted by molar-refractivity contribution is -0.116. The summed E-state index contributed by atoms with van der Waals surface area (Å²) in [5.74, 6) is 5.36. The average Bonchev–Trinajstić information content (AvgIpc) is 2.51. The number of carbonyl (C=O) groups is 1. The van der Waals surface area contributed by atoms with E-state index in [1.54, 1.807) is 13.0 Å². The first-order valence-electron chi connectivity index (χ1n) is 7.14. The smallest absolute Gasteiger partial charge is 0.244 e. The van der Waals surface area contributed by atoms with E-state index in [4.69, 9.17) is 0 Å². The summed E-state index contributed by atoms with van der Waals surface area (Å²) in [6, 6.07) is 7.98. The van der Waals surface area contributed by atoms with Crippen LogP contribution in [0.25, 0.3) is 6.08 Å². The van der Waals surface area contributed by atoms with Gasteiger partial charge in [0.2, 0.25) is 5.91 Å². The SMILES string of the molecule is CC.CC.CC#CCNC(=O)/C=C/c1ccc(C)cc1. The quantitative estimate of drug-likeness (QED) is 0.649. The molecule has 0 aliphatic carbocycles. The Balaban J connectivity index is 0. The van der Waals surface area contributed by atoms with Crippen LogP contribution in [0.4, 0.5) is 0 Å². The lowest BCUT2D eigenvalue weighted by atomic mass is 10.1. The lowest BCUT2D eigenvalue weighted by Gasteiger charge is -1.96. The van der Waals surface area contributed by atoms with Crippen molar-refractivity contribution < 1.29 is 4.79 Å². The van der Waals surface area contributed by atoms with E-state index in [0.29, 0.717) is 6.54 Å². The van der Waals surface area contributed by atoms with Gasteiger partial charge >= 0.3 is 0 Å². The van der Waals surface area contributed by atoms with Gasteiger partial charge in [-0.2, -0.15) is 0 Å². The van der Waals surface area contributed by atoms with E-state index < -0.39 is 0 Å². The van der Waals surface area contributed by atoms with Gasteiger partial charge in [0.05, 0.1) is 6.54 Å². The van der Waals surface area contributed by atoms with Crippen LogP contribution < -0.4 is 5.32 Å². The van der Waals surface area contributed by atoms with Crippen LogP contribution in [-0.2, 0) is 4.79 Å². The molecule has 2 nitrogen and oxygen atoms in total. The number of rotatable bonds is 3. The number of hydrogen-bond donors (Lipinski definition) is 1. The standard InChI is InChI=1S/C14H15NO.2C2H6/c1-3-4-11-15-14(16)10-9-13-7-5-12(2)6-8-13;2*1-2/h5-10H,11H2,1-2H3,(H,15,16);2*1-2H3/b10-9+;;. The highest BCUT2D eigenvalue weighted by Gasteiger charge is 1.92. The number of hydrogen-bond acceptors (Lipinski definition) is 1. The third kappa shape index (κ3) is 11.1. The van der Waals surface area contributed by atoms with Gasteiger partial charge in [-0.1, -0.05) is 63.4 Å². The third-order valence-electron chi connectivity index (χ3n) is 2.03. The Labute approximate surface area is 124 Å². The van der Waals surface area contributed by atoms with E-state index >= 15 is 0 Å². The molecule has 0 aromatic heterocycles. The Morgan fingerprint density at radius 3 is 2.20 bits per heavy atom. The van der Waals surface area contributed by atoms with Gasteiger partial charge in [-0.15, -0.1) is 5.92 Å². The maximum absolute atomic E-state index is 11.3. The number of nitrogens with one attached hydrogen (secondary N) is 1. The maximum atomic E-state index is 11.3. The van der Waals surface area contributed by atoms with Gasteiger partial charge in [-0.25, -0.2) is 0 Å². The molecule has 0 saturated heterocycles. The van der Waals surface area contributed by atoms with Crippen molar-refractivity contribution in [1.82, 2.24) is 5.32 Å². The minimum atomic E-state index is -0.122. The van der Waals surface area contributed by atoms with Gasteiger partial charge in [0, 0.05) is 6.08 Å². The average molecular weight is 273 g/mol. The van der Waals surface area contributed by atoms with Gasteiger partial charge in [0.25, 0.3) is 0 Å². The van der Waals surface area contributed by atoms with E-state index in [1.807, 2.05) is 58.9 Å². The predicted molar refractivity (Wildman–Crippen MR) is 89.4 cm³/mol.